The molecule has 1 aliphatic heterocycles. The summed E-state index contributed by atoms with van der Waals surface area (Å²) in [6, 6.07) is 16.4. The minimum absolute atomic E-state index is 0.400. The molecule has 4 rings (SSSR count). The maximum Gasteiger partial charge on any atom is 0.248 e. The molecule has 1 atom stereocenters. The lowest BCUT2D eigenvalue weighted by Gasteiger charge is -2.41. The first-order valence-electron chi connectivity index (χ1n) is 7.24. The van der Waals surface area contributed by atoms with E-state index < -0.39 is 5.91 Å². The van der Waals surface area contributed by atoms with E-state index in [1.54, 1.807) is 23.5 Å². The molecule has 2 aromatic carbocycles. The van der Waals surface area contributed by atoms with Gasteiger partial charge in [0.05, 0.1) is 16.3 Å². The molecule has 1 unspecified atom stereocenters. The molecule has 4 nitrogen and oxygen atoms in total. The lowest BCUT2D eigenvalue weighted by atomic mass is 9.96. The maximum atomic E-state index is 11.3. The van der Waals surface area contributed by atoms with E-state index in [0.29, 0.717) is 11.6 Å². The van der Waals surface area contributed by atoms with Crippen molar-refractivity contribution in [3.05, 3.63) is 59.7 Å². The number of benzene rings is 2. The fraction of sp³-hybridized carbons (Fsp3) is 0.176. The molecule has 1 saturated heterocycles. The van der Waals surface area contributed by atoms with Gasteiger partial charge in [-0.15, -0.1) is 0 Å². The Morgan fingerprint density at radius 3 is 2.73 bits per heavy atom. The highest BCUT2D eigenvalue weighted by atomic mass is 32.1. The first-order chi connectivity index (χ1) is 10.7. The number of nitrogens with zero attached hydrogens (tertiary/aromatic N) is 2. The Bertz CT molecular complexity index is 843. The number of carbonyl (C=O) groups excluding carboxylic acids is 1. The van der Waals surface area contributed by atoms with Gasteiger partial charge in [-0.2, -0.15) is 0 Å². The average molecular weight is 309 g/mol. The number of carbonyl (C=O) groups is 1. The van der Waals surface area contributed by atoms with Crippen molar-refractivity contribution in [3.63, 3.8) is 0 Å². The summed E-state index contributed by atoms with van der Waals surface area (Å²) in [5.74, 6) is -0.414. The normalized spacial score (nSPS) is 17.5. The van der Waals surface area contributed by atoms with Crippen molar-refractivity contribution in [2.75, 3.05) is 11.4 Å². The number of nitrogens with two attached hydrogens (primary N) is 1. The molecule has 1 aromatic heterocycles. The van der Waals surface area contributed by atoms with E-state index in [1.807, 2.05) is 12.1 Å². The van der Waals surface area contributed by atoms with Crippen LogP contribution >= 0.6 is 11.3 Å². The highest BCUT2D eigenvalue weighted by Crippen LogP contribution is 2.41. The quantitative estimate of drug-likeness (QED) is 0.807. The number of thiazole rings is 1. The van der Waals surface area contributed by atoms with E-state index >= 15 is 0 Å². The Labute approximate surface area is 132 Å². The number of rotatable bonds is 3. The van der Waals surface area contributed by atoms with Gasteiger partial charge in [0.1, 0.15) is 0 Å². The van der Waals surface area contributed by atoms with Crippen LogP contribution in [0.25, 0.3) is 10.2 Å². The maximum absolute atomic E-state index is 11.3. The van der Waals surface area contributed by atoms with Crippen molar-refractivity contribution >= 4 is 32.6 Å². The molecular weight excluding hydrogens is 294 g/mol. The number of amides is 1. The molecule has 1 amide bonds. The predicted octanol–water partition coefficient (Wildman–Crippen LogP) is 3.35. The van der Waals surface area contributed by atoms with Crippen LogP contribution in [0.4, 0.5) is 5.13 Å². The molecule has 0 spiro atoms. The van der Waals surface area contributed by atoms with Gasteiger partial charge in [-0.05, 0) is 30.2 Å². The Balaban J connectivity index is 1.68. The van der Waals surface area contributed by atoms with Crippen LogP contribution in [0.5, 0.6) is 0 Å². The van der Waals surface area contributed by atoms with Gasteiger partial charge in [-0.3, -0.25) is 4.79 Å². The number of primary amides is 1. The topological polar surface area (TPSA) is 59.2 Å². The molecular formula is C17H15N3OS. The Morgan fingerprint density at radius 2 is 2.05 bits per heavy atom. The molecule has 2 N–H and O–H groups in total. The van der Waals surface area contributed by atoms with E-state index in [2.05, 4.69) is 29.2 Å². The number of fused-ring (bicyclic) bond motifs is 1. The minimum Gasteiger partial charge on any atom is -0.366 e. The molecule has 1 aliphatic rings. The van der Waals surface area contributed by atoms with E-state index in [1.165, 1.54) is 5.56 Å². The highest BCUT2D eigenvalue weighted by molar-refractivity contribution is 7.22. The van der Waals surface area contributed by atoms with Gasteiger partial charge >= 0.3 is 0 Å². The van der Waals surface area contributed by atoms with Gasteiger partial charge in [0.2, 0.25) is 5.91 Å². The first kappa shape index (κ1) is 13.3. The summed E-state index contributed by atoms with van der Waals surface area (Å²) in [5.41, 5.74) is 8.01. The first-order valence-corrected chi connectivity index (χ1v) is 8.06. The summed E-state index contributed by atoms with van der Waals surface area (Å²) in [7, 11) is 0. The largest absolute Gasteiger partial charge is 0.366 e. The Kier molecular flexibility index (Phi) is 3.08. The van der Waals surface area contributed by atoms with Crippen LogP contribution < -0.4 is 10.6 Å². The lowest BCUT2D eigenvalue weighted by molar-refractivity contribution is 0.100. The summed E-state index contributed by atoms with van der Waals surface area (Å²) in [6.07, 6.45) is 1.15. The lowest BCUT2D eigenvalue weighted by Crippen LogP contribution is -2.40. The monoisotopic (exact) mass is 309 g/mol. The van der Waals surface area contributed by atoms with Crippen molar-refractivity contribution in [2.45, 2.75) is 12.5 Å². The Morgan fingerprint density at radius 1 is 1.23 bits per heavy atom. The van der Waals surface area contributed by atoms with Crippen LogP contribution in [-0.2, 0) is 0 Å². The summed E-state index contributed by atoms with van der Waals surface area (Å²) >= 11 is 1.66. The zero-order chi connectivity index (χ0) is 15.1. The van der Waals surface area contributed by atoms with E-state index in [9.17, 15) is 4.79 Å². The van der Waals surface area contributed by atoms with Crippen molar-refractivity contribution in [3.8, 4) is 0 Å². The molecule has 110 valence electrons. The Hall–Kier alpha value is -2.40. The minimum atomic E-state index is -0.414. The van der Waals surface area contributed by atoms with Crippen LogP contribution in [0.15, 0.2) is 48.5 Å². The standard InChI is InChI=1S/C17H15N3OS/c18-16(21)12-6-7-15-13(10-12)19-17(22-15)20-9-8-14(20)11-4-2-1-3-5-11/h1-7,10,14H,8-9H2,(H2,18,21). The zero-order valence-electron chi connectivity index (χ0n) is 11.9. The molecule has 0 bridgehead atoms. The van der Waals surface area contributed by atoms with E-state index in [0.717, 1.165) is 28.3 Å². The number of hydrogen-bond acceptors (Lipinski definition) is 4. The molecule has 0 radical (unpaired) electrons. The molecule has 1 fully saturated rings. The second-order valence-electron chi connectivity index (χ2n) is 5.45. The average Bonchev–Trinajstić information content (AvgIpc) is 2.89. The molecule has 5 heteroatoms. The molecule has 22 heavy (non-hydrogen) atoms. The van der Waals surface area contributed by atoms with Gasteiger partial charge < -0.3 is 10.6 Å². The van der Waals surface area contributed by atoms with Crippen molar-refractivity contribution in [1.82, 2.24) is 4.98 Å². The SMILES string of the molecule is NC(=O)c1ccc2sc(N3CCC3c3ccccc3)nc2c1. The van der Waals surface area contributed by atoms with E-state index in [-0.39, 0.29) is 0 Å². The second-order valence-corrected chi connectivity index (χ2v) is 6.46. The third-order valence-electron chi connectivity index (χ3n) is 4.11. The fourth-order valence-electron chi connectivity index (χ4n) is 2.83. The molecule has 3 aromatic rings. The van der Waals surface area contributed by atoms with Crippen LogP contribution in [0, 0.1) is 0 Å². The van der Waals surface area contributed by atoms with Gasteiger partial charge in [-0.25, -0.2) is 4.98 Å². The third kappa shape index (κ3) is 2.14. The van der Waals surface area contributed by atoms with Crippen LogP contribution in [0.1, 0.15) is 28.4 Å². The molecule has 0 saturated carbocycles. The fourth-order valence-corrected chi connectivity index (χ4v) is 3.85. The van der Waals surface area contributed by atoms with Gasteiger partial charge in [-0.1, -0.05) is 41.7 Å². The molecule has 2 heterocycles. The second kappa shape index (κ2) is 5.10. The highest BCUT2D eigenvalue weighted by Gasteiger charge is 2.31. The number of hydrogen-bond donors (Lipinski definition) is 1. The van der Waals surface area contributed by atoms with Crippen LogP contribution in [0.2, 0.25) is 0 Å². The van der Waals surface area contributed by atoms with E-state index in [4.69, 9.17) is 10.7 Å². The third-order valence-corrected chi connectivity index (χ3v) is 5.18. The number of aromatic nitrogens is 1. The summed E-state index contributed by atoms with van der Waals surface area (Å²) < 4.78 is 1.08. The van der Waals surface area contributed by atoms with Gasteiger partial charge in [0.25, 0.3) is 0 Å². The predicted molar refractivity (Wildman–Crippen MR) is 89.3 cm³/mol. The van der Waals surface area contributed by atoms with Crippen molar-refractivity contribution < 1.29 is 4.79 Å². The summed E-state index contributed by atoms with van der Waals surface area (Å²) in [4.78, 5) is 18.3. The van der Waals surface area contributed by atoms with Crippen LogP contribution in [0.3, 0.4) is 0 Å². The van der Waals surface area contributed by atoms with Crippen molar-refractivity contribution in [1.29, 1.82) is 0 Å². The number of anilines is 1. The van der Waals surface area contributed by atoms with Crippen molar-refractivity contribution in [2.24, 2.45) is 5.73 Å². The summed E-state index contributed by atoms with van der Waals surface area (Å²) in [5, 5.41) is 1.01. The van der Waals surface area contributed by atoms with Crippen LogP contribution in [-0.4, -0.2) is 17.4 Å². The summed E-state index contributed by atoms with van der Waals surface area (Å²) in [6.45, 7) is 1.02. The molecule has 0 aliphatic carbocycles. The van der Waals surface area contributed by atoms with Gasteiger partial charge in [0, 0.05) is 12.1 Å². The zero-order valence-corrected chi connectivity index (χ0v) is 12.7. The van der Waals surface area contributed by atoms with Gasteiger partial charge in [0.15, 0.2) is 5.13 Å². The smallest absolute Gasteiger partial charge is 0.248 e.